The Labute approximate surface area is 125 Å². The Morgan fingerprint density at radius 2 is 2.14 bits per heavy atom. The predicted molar refractivity (Wildman–Crippen MR) is 81.7 cm³/mol. The topological polar surface area (TPSA) is 44.8 Å². The van der Waals surface area contributed by atoms with Gasteiger partial charge < -0.3 is 14.2 Å². The highest BCUT2D eigenvalue weighted by atomic mass is 16.5. The maximum atomic E-state index is 11.7. The Morgan fingerprint density at radius 3 is 2.81 bits per heavy atom. The van der Waals surface area contributed by atoms with Gasteiger partial charge in [0.15, 0.2) is 0 Å². The number of carbonyl (C=O) groups is 1. The van der Waals surface area contributed by atoms with E-state index in [1.807, 2.05) is 26.0 Å². The van der Waals surface area contributed by atoms with Gasteiger partial charge in [-0.2, -0.15) is 0 Å². The van der Waals surface area contributed by atoms with Crippen LogP contribution in [0.5, 0.6) is 11.5 Å². The van der Waals surface area contributed by atoms with Crippen LogP contribution < -0.4 is 9.47 Å². The lowest BCUT2D eigenvalue weighted by Crippen LogP contribution is -2.05. The molecule has 1 aromatic rings. The molecule has 1 heterocycles. The van der Waals surface area contributed by atoms with Crippen molar-refractivity contribution in [3.63, 3.8) is 0 Å². The molecule has 1 atom stereocenters. The van der Waals surface area contributed by atoms with Crippen LogP contribution in [0.25, 0.3) is 6.08 Å². The van der Waals surface area contributed by atoms with E-state index in [4.69, 9.17) is 14.2 Å². The lowest BCUT2D eigenvalue weighted by atomic mass is 10.0. The lowest BCUT2D eigenvalue weighted by molar-refractivity contribution is -0.138. The smallest absolute Gasteiger partial charge is 0.333 e. The van der Waals surface area contributed by atoms with E-state index >= 15 is 0 Å². The Hall–Kier alpha value is -1.97. The van der Waals surface area contributed by atoms with Crippen molar-refractivity contribution < 1.29 is 19.0 Å². The Bertz CT molecular complexity index is 560. The third kappa shape index (κ3) is 3.57. The van der Waals surface area contributed by atoms with Crippen molar-refractivity contribution in [1.29, 1.82) is 0 Å². The van der Waals surface area contributed by atoms with Crippen LogP contribution in [0, 0.1) is 0 Å². The van der Waals surface area contributed by atoms with Crippen LogP contribution in [0.3, 0.4) is 0 Å². The average molecular weight is 290 g/mol. The molecule has 0 bridgehead atoms. The molecule has 0 saturated heterocycles. The van der Waals surface area contributed by atoms with Gasteiger partial charge in [0.2, 0.25) is 0 Å². The molecule has 1 unspecified atom stereocenters. The van der Waals surface area contributed by atoms with Crippen LogP contribution >= 0.6 is 0 Å². The molecule has 0 saturated carbocycles. The normalized spacial score (nSPS) is 17.1. The van der Waals surface area contributed by atoms with Gasteiger partial charge in [-0.05, 0) is 45.9 Å². The van der Waals surface area contributed by atoms with Gasteiger partial charge in [-0.25, -0.2) is 4.79 Å². The first kappa shape index (κ1) is 15.4. The zero-order valence-corrected chi connectivity index (χ0v) is 13.1. The Morgan fingerprint density at radius 1 is 1.38 bits per heavy atom. The summed E-state index contributed by atoms with van der Waals surface area (Å²) in [4.78, 5) is 11.7. The highest BCUT2D eigenvalue weighted by Gasteiger charge is 2.21. The van der Waals surface area contributed by atoms with Crippen LogP contribution in [0.1, 0.15) is 38.8 Å². The summed E-state index contributed by atoms with van der Waals surface area (Å²) in [7, 11) is 0. The molecule has 1 aliphatic rings. The molecule has 1 aromatic carbocycles. The molecule has 114 valence electrons. The molecule has 0 aliphatic carbocycles. The molecule has 0 aromatic heterocycles. The fourth-order valence-electron chi connectivity index (χ4n) is 2.39. The molecule has 0 fully saturated rings. The zero-order valence-electron chi connectivity index (χ0n) is 13.1. The summed E-state index contributed by atoms with van der Waals surface area (Å²) in [6.45, 7) is 8.46. The Kier molecular flexibility index (Phi) is 4.89. The SMILES string of the molecule is CCOC(=O)/C(C)=C/c1cc2c(cc1OCC)CC(C)O2. The summed E-state index contributed by atoms with van der Waals surface area (Å²) in [6, 6.07) is 3.94. The van der Waals surface area contributed by atoms with Crippen molar-refractivity contribution in [2.24, 2.45) is 0 Å². The van der Waals surface area contributed by atoms with Crippen molar-refractivity contribution in [3.8, 4) is 11.5 Å². The van der Waals surface area contributed by atoms with E-state index < -0.39 is 0 Å². The second-order valence-corrected chi connectivity index (χ2v) is 5.11. The molecule has 0 amide bonds. The standard InChI is InChI=1S/C17H22O4/c1-5-19-15-9-14-8-12(4)21-16(14)10-13(15)7-11(3)17(18)20-6-2/h7,9-10,12H,5-6,8H2,1-4H3/b11-7+. The van der Waals surface area contributed by atoms with Crippen LogP contribution in [-0.4, -0.2) is 25.3 Å². The number of esters is 1. The molecule has 21 heavy (non-hydrogen) atoms. The third-order valence-electron chi connectivity index (χ3n) is 3.30. The van der Waals surface area contributed by atoms with Crippen LogP contribution in [-0.2, 0) is 16.0 Å². The fraction of sp³-hybridized carbons (Fsp3) is 0.471. The molecule has 4 heteroatoms. The van der Waals surface area contributed by atoms with E-state index in [2.05, 4.69) is 0 Å². The Balaban J connectivity index is 2.36. The van der Waals surface area contributed by atoms with E-state index in [1.165, 1.54) is 0 Å². The van der Waals surface area contributed by atoms with Crippen molar-refractivity contribution in [1.82, 2.24) is 0 Å². The highest BCUT2D eigenvalue weighted by Crippen LogP contribution is 2.36. The van der Waals surface area contributed by atoms with Crippen molar-refractivity contribution >= 4 is 12.0 Å². The molecular weight excluding hydrogens is 268 g/mol. The van der Waals surface area contributed by atoms with Gasteiger partial charge in [-0.1, -0.05) is 0 Å². The van der Waals surface area contributed by atoms with Gasteiger partial charge in [0, 0.05) is 23.1 Å². The van der Waals surface area contributed by atoms with Gasteiger partial charge in [0.25, 0.3) is 0 Å². The molecule has 2 rings (SSSR count). The molecular formula is C17H22O4. The lowest BCUT2D eigenvalue weighted by Gasteiger charge is -2.11. The van der Waals surface area contributed by atoms with Crippen LogP contribution in [0.4, 0.5) is 0 Å². The molecule has 0 N–H and O–H groups in total. The first-order valence-electron chi connectivity index (χ1n) is 7.36. The number of hydrogen-bond donors (Lipinski definition) is 0. The first-order chi connectivity index (χ1) is 10.0. The van der Waals surface area contributed by atoms with E-state index in [9.17, 15) is 4.79 Å². The number of carbonyl (C=O) groups excluding carboxylic acids is 1. The summed E-state index contributed by atoms with van der Waals surface area (Å²) in [6.07, 6.45) is 2.85. The van der Waals surface area contributed by atoms with Crippen LogP contribution in [0.15, 0.2) is 17.7 Å². The maximum Gasteiger partial charge on any atom is 0.333 e. The number of hydrogen-bond acceptors (Lipinski definition) is 4. The van der Waals surface area contributed by atoms with Crippen molar-refractivity contribution in [2.45, 2.75) is 40.2 Å². The van der Waals surface area contributed by atoms with Crippen molar-refractivity contribution in [2.75, 3.05) is 13.2 Å². The van der Waals surface area contributed by atoms with Crippen molar-refractivity contribution in [3.05, 3.63) is 28.8 Å². The zero-order chi connectivity index (χ0) is 15.4. The summed E-state index contributed by atoms with van der Waals surface area (Å²) in [5.41, 5.74) is 2.54. The molecule has 4 nitrogen and oxygen atoms in total. The number of ether oxygens (including phenoxy) is 3. The summed E-state index contributed by atoms with van der Waals surface area (Å²) in [5.74, 6) is 1.33. The average Bonchev–Trinajstić information content (AvgIpc) is 2.78. The van der Waals surface area contributed by atoms with Gasteiger partial charge in [0.05, 0.1) is 13.2 Å². The predicted octanol–water partition coefficient (Wildman–Crippen LogP) is 3.38. The minimum Gasteiger partial charge on any atom is -0.493 e. The van der Waals surface area contributed by atoms with E-state index in [0.717, 1.165) is 29.0 Å². The van der Waals surface area contributed by atoms with Gasteiger partial charge >= 0.3 is 5.97 Å². The summed E-state index contributed by atoms with van der Waals surface area (Å²) < 4.78 is 16.5. The fourth-order valence-corrected chi connectivity index (χ4v) is 2.39. The van der Waals surface area contributed by atoms with Gasteiger partial charge in [-0.15, -0.1) is 0 Å². The molecule has 0 spiro atoms. The van der Waals surface area contributed by atoms with Gasteiger partial charge in [0.1, 0.15) is 17.6 Å². The van der Waals surface area contributed by atoms with Crippen LogP contribution in [0.2, 0.25) is 0 Å². The third-order valence-corrected chi connectivity index (χ3v) is 3.30. The molecule has 1 aliphatic heterocycles. The second kappa shape index (κ2) is 6.66. The number of rotatable bonds is 5. The van der Waals surface area contributed by atoms with E-state index in [1.54, 1.807) is 19.9 Å². The summed E-state index contributed by atoms with van der Waals surface area (Å²) in [5, 5.41) is 0. The minimum atomic E-state index is -0.310. The monoisotopic (exact) mass is 290 g/mol. The molecule has 0 radical (unpaired) electrons. The largest absolute Gasteiger partial charge is 0.493 e. The highest BCUT2D eigenvalue weighted by molar-refractivity contribution is 5.93. The second-order valence-electron chi connectivity index (χ2n) is 5.11. The van der Waals surface area contributed by atoms with Gasteiger partial charge in [-0.3, -0.25) is 0 Å². The quantitative estimate of drug-likeness (QED) is 0.616. The minimum absolute atomic E-state index is 0.180. The number of benzene rings is 1. The van der Waals surface area contributed by atoms with E-state index in [-0.39, 0.29) is 12.1 Å². The number of fused-ring (bicyclic) bond motifs is 1. The summed E-state index contributed by atoms with van der Waals surface area (Å²) >= 11 is 0. The maximum absolute atomic E-state index is 11.7. The first-order valence-corrected chi connectivity index (χ1v) is 7.36. The van der Waals surface area contributed by atoms with E-state index in [0.29, 0.717) is 18.8 Å².